The maximum absolute atomic E-state index is 5.39. The molecule has 1 aliphatic heterocycles. The number of halogens is 1. The first-order valence-corrected chi connectivity index (χ1v) is 7.77. The highest BCUT2D eigenvalue weighted by Gasteiger charge is 2.16. The van der Waals surface area contributed by atoms with Crippen LogP contribution in [0, 0.1) is 12.8 Å². The lowest BCUT2D eigenvalue weighted by Crippen LogP contribution is -2.17. The summed E-state index contributed by atoms with van der Waals surface area (Å²) in [6.07, 6.45) is 5.30. The van der Waals surface area contributed by atoms with Crippen LogP contribution in [0.4, 0.5) is 0 Å². The molecule has 0 radical (unpaired) electrons. The molecule has 20 heavy (non-hydrogen) atoms. The first-order valence-electron chi connectivity index (χ1n) is 6.98. The third-order valence-electron chi connectivity index (χ3n) is 3.79. The molecule has 1 aliphatic rings. The van der Waals surface area contributed by atoms with Crippen LogP contribution in [0.2, 0.25) is 0 Å². The van der Waals surface area contributed by atoms with E-state index in [4.69, 9.17) is 4.74 Å². The van der Waals surface area contributed by atoms with Crippen LogP contribution in [0.3, 0.4) is 0 Å². The molecule has 2 aromatic rings. The molecule has 106 valence electrons. The smallest absolute Gasteiger partial charge is 0.0834 e. The van der Waals surface area contributed by atoms with Crippen molar-refractivity contribution >= 4 is 15.9 Å². The maximum atomic E-state index is 5.39. The average Bonchev–Trinajstić information content (AvgIpc) is 2.88. The number of aryl methyl sites for hydroxylation is 1. The van der Waals surface area contributed by atoms with E-state index >= 15 is 0 Å². The van der Waals surface area contributed by atoms with Crippen molar-refractivity contribution in [3.8, 4) is 5.69 Å². The zero-order valence-corrected chi connectivity index (χ0v) is 13.1. The molecule has 0 N–H and O–H groups in total. The molecular weight excluding hydrogens is 318 g/mol. The van der Waals surface area contributed by atoms with Crippen molar-refractivity contribution in [2.45, 2.75) is 26.2 Å². The Labute approximate surface area is 127 Å². The van der Waals surface area contributed by atoms with Gasteiger partial charge in [0.25, 0.3) is 0 Å². The Morgan fingerprint density at radius 3 is 2.90 bits per heavy atom. The van der Waals surface area contributed by atoms with E-state index in [0.717, 1.165) is 48.3 Å². The van der Waals surface area contributed by atoms with Gasteiger partial charge < -0.3 is 4.74 Å². The molecule has 4 nitrogen and oxygen atoms in total. The minimum Gasteiger partial charge on any atom is -0.381 e. The maximum Gasteiger partial charge on any atom is 0.0834 e. The molecule has 1 saturated heterocycles. The van der Waals surface area contributed by atoms with E-state index < -0.39 is 0 Å². The summed E-state index contributed by atoms with van der Waals surface area (Å²) in [7, 11) is 0. The zero-order chi connectivity index (χ0) is 13.9. The molecule has 2 heterocycles. The Balaban J connectivity index is 1.75. The van der Waals surface area contributed by atoms with Gasteiger partial charge >= 0.3 is 0 Å². The molecule has 0 unspecified atom stereocenters. The third kappa shape index (κ3) is 3.10. The van der Waals surface area contributed by atoms with Gasteiger partial charge in [0.05, 0.1) is 17.6 Å². The molecule has 1 aromatic heterocycles. The van der Waals surface area contributed by atoms with Crippen molar-refractivity contribution in [3.63, 3.8) is 0 Å². The minimum absolute atomic E-state index is 0.680. The Morgan fingerprint density at radius 1 is 1.35 bits per heavy atom. The number of ether oxygens (including phenoxy) is 1. The average molecular weight is 336 g/mol. The van der Waals surface area contributed by atoms with Crippen molar-refractivity contribution < 1.29 is 4.74 Å². The Bertz CT molecular complexity index is 591. The van der Waals surface area contributed by atoms with Crippen molar-refractivity contribution in [3.05, 3.63) is 40.1 Å². The van der Waals surface area contributed by atoms with Gasteiger partial charge in [-0.15, -0.1) is 5.10 Å². The fraction of sp³-hybridized carbons (Fsp3) is 0.467. The number of aromatic nitrogens is 3. The second kappa shape index (κ2) is 6.06. The van der Waals surface area contributed by atoms with Gasteiger partial charge in [-0.3, -0.25) is 0 Å². The van der Waals surface area contributed by atoms with E-state index in [-0.39, 0.29) is 0 Å². The predicted molar refractivity (Wildman–Crippen MR) is 81.0 cm³/mol. The molecule has 1 fully saturated rings. The van der Waals surface area contributed by atoms with E-state index in [2.05, 4.69) is 45.3 Å². The van der Waals surface area contributed by atoms with Crippen LogP contribution in [0.1, 0.15) is 24.1 Å². The highest BCUT2D eigenvalue weighted by molar-refractivity contribution is 9.10. The van der Waals surface area contributed by atoms with Crippen LogP contribution in [-0.4, -0.2) is 28.2 Å². The number of nitrogens with zero attached hydrogens (tertiary/aromatic N) is 3. The Kier molecular flexibility index (Phi) is 4.17. The third-order valence-corrected chi connectivity index (χ3v) is 4.28. The second-order valence-corrected chi connectivity index (χ2v) is 6.26. The Morgan fingerprint density at radius 2 is 2.15 bits per heavy atom. The first kappa shape index (κ1) is 13.8. The van der Waals surface area contributed by atoms with E-state index in [1.165, 1.54) is 5.56 Å². The van der Waals surface area contributed by atoms with Crippen molar-refractivity contribution in [1.29, 1.82) is 0 Å². The van der Waals surface area contributed by atoms with Crippen molar-refractivity contribution in [1.82, 2.24) is 15.0 Å². The van der Waals surface area contributed by atoms with Crippen LogP contribution in [-0.2, 0) is 11.2 Å². The lowest BCUT2D eigenvalue weighted by Gasteiger charge is -2.20. The second-order valence-electron chi connectivity index (χ2n) is 5.35. The van der Waals surface area contributed by atoms with E-state index in [9.17, 15) is 0 Å². The number of hydrogen-bond donors (Lipinski definition) is 0. The quantitative estimate of drug-likeness (QED) is 0.863. The van der Waals surface area contributed by atoms with Gasteiger partial charge in [-0.25, -0.2) is 4.68 Å². The summed E-state index contributed by atoms with van der Waals surface area (Å²) in [5.41, 5.74) is 3.33. The fourth-order valence-electron chi connectivity index (χ4n) is 2.63. The molecule has 1 aromatic carbocycles. The molecule has 3 rings (SSSR count). The summed E-state index contributed by atoms with van der Waals surface area (Å²) in [5.74, 6) is 0.680. The molecule has 0 aliphatic carbocycles. The minimum atomic E-state index is 0.680. The molecule has 5 heteroatoms. The van der Waals surface area contributed by atoms with Gasteiger partial charge in [0.15, 0.2) is 0 Å². The van der Waals surface area contributed by atoms with Crippen LogP contribution in [0.25, 0.3) is 5.69 Å². The normalized spacial score (nSPS) is 16.5. The Hall–Kier alpha value is -1.20. The molecule has 0 spiro atoms. The monoisotopic (exact) mass is 335 g/mol. The summed E-state index contributed by atoms with van der Waals surface area (Å²) in [4.78, 5) is 0. The molecular formula is C15H18BrN3O. The van der Waals surface area contributed by atoms with Crippen LogP contribution in [0.5, 0.6) is 0 Å². The van der Waals surface area contributed by atoms with Gasteiger partial charge in [0.2, 0.25) is 0 Å². The van der Waals surface area contributed by atoms with E-state index in [1.807, 2.05) is 16.9 Å². The SMILES string of the molecule is Cc1cc(Br)ccc1-n1cc(CC2CCOCC2)nn1. The van der Waals surface area contributed by atoms with Gasteiger partial charge in [-0.05, 0) is 55.9 Å². The lowest BCUT2D eigenvalue weighted by atomic mass is 9.95. The zero-order valence-electron chi connectivity index (χ0n) is 11.6. The molecule has 0 saturated carbocycles. The molecule has 0 bridgehead atoms. The summed E-state index contributed by atoms with van der Waals surface area (Å²) in [6.45, 7) is 3.84. The van der Waals surface area contributed by atoms with Gasteiger partial charge in [-0.1, -0.05) is 21.1 Å². The summed E-state index contributed by atoms with van der Waals surface area (Å²) in [5, 5.41) is 8.57. The highest BCUT2D eigenvalue weighted by atomic mass is 79.9. The van der Waals surface area contributed by atoms with Crippen molar-refractivity contribution in [2.75, 3.05) is 13.2 Å². The topological polar surface area (TPSA) is 39.9 Å². The number of benzene rings is 1. The predicted octanol–water partition coefficient (Wildman–Crippen LogP) is 3.31. The van der Waals surface area contributed by atoms with Crippen LogP contribution >= 0.6 is 15.9 Å². The first-order chi connectivity index (χ1) is 9.72. The standard InChI is InChI=1S/C15H18BrN3O/c1-11-8-13(16)2-3-15(11)19-10-14(17-18-19)9-12-4-6-20-7-5-12/h2-3,8,10,12H,4-7,9H2,1H3. The summed E-state index contributed by atoms with van der Waals surface area (Å²) >= 11 is 3.48. The van der Waals surface area contributed by atoms with Crippen LogP contribution < -0.4 is 0 Å². The van der Waals surface area contributed by atoms with Crippen LogP contribution in [0.15, 0.2) is 28.9 Å². The number of hydrogen-bond acceptors (Lipinski definition) is 3. The van der Waals surface area contributed by atoms with Crippen molar-refractivity contribution in [2.24, 2.45) is 5.92 Å². The fourth-order valence-corrected chi connectivity index (χ4v) is 3.11. The van der Waals surface area contributed by atoms with Gasteiger partial charge in [0, 0.05) is 17.7 Å². The number of rotatable bonds is 3. The summed E-state index contributed by atoms with van der Waals surface area (Å²) in [6, 6.07) is 6.18. The van der Waals surface area contributed by atoms with E-state index in [1.54, 1.807) is 0 Å². The van der Waals surface area contributed by atoms with Gasteiger partial charge in [-0.2, -0.15) is 0 Å². The summed E-state index contributed by atoms with van der Waals surface area (Å²) < 4.78 is 8.35. The van der Waals surface area contributed by atoms with Gasteiger partial charge in [0.1, 0.15) is 0 Å². The highest BCUT2D eigenvalue weighted by Crippen LogP contribution is 2.21. The molecule has 0 amide bonds. The molecule has 0 atom stereocenters. The largest absolute Gasteiger partial charge is 0.381 e. The lowest BCUT2D eigenvalue weighted by molar-refractivity contribution is 0.0662. The van der Waals surface area contributed by atoms with E-state index in [0.29, 0.717) is 5.92 Å².